The standard InChI is InChI=1S/C23H26N6O/c30-23(26-20-5-2-1-3-6-20)27-21-7-8-22(25-17-21)29-14-4-13-28(15-16-29)18-19-9-11-24-12-10-19/h1-3,5-12,17H,4,13-16,18H2,(H2,26,27,30). The summed E-state index contributed by atoms with van der Waals surface area (Å²) >= 11 is 0. The molecule has 30 heavy (non-hydrogen) atoms. The average Bonchev–Trinajstić information content (AvgIpc) is 3.01. The van der Waals surface area contributed by atoms with Crippen molar-refractivity contribution in [2.75, 3.05) is 41.7 Å². The molecule has 0 spiro atoms. The monoisotopic (exact) mass is 402 g/mol. The summed E-state index contributed by atoms with van der Waals surface area (Å²) < 4.78 is 0. The van der Waals surface area contributed by atoms with Gasteiger partial charge in [0.25, 0.3) is 0 Å². The molecule has 0 saturated carbocycles. The maximum atomic E-state index is 12.1. The molecule has 1 aliphatic rings. The van der Waals surface area contributed by atoms with E-state index in [9.17, 15) is 4.79 Å². The third-order valence-corrected chi connectivity index (χ3v) is 5.11. The average molecular weight is 403 g/mol. The van der Waals surface area contributed by atoms with Gasteiger partial charge < -0.3 is 15.5 Å². The third kappa shape index (κ3) is 5.55. The van der Waals surface area contributed by atoms with Gasteiger partial charge in [-0.3, -0.25) is 9.88 Å². The van der Waals surface area contributed by atoms with Crippen LogP contribution in [0, 0.1) is 0 Å². The van der Waals surface area contributed by atoms with Crippen LogP contribution in [-0.2, 0) is 6.54 Å². The Kier molecular flexibility index (Phi) is 6.51. The second-order valence-corrected chi connectivity index (χ2v) is 7.32. The van der Waals surface area contributed by atoms with Gasteiger partial charge in [-0.2, -0.15) is 0 Å². The summed E-state index contributed by atoms with van der Waals surface area (Å²) in [6.45, 7) is 4.91. The second-order valence-electron chi connectivity index (χ2n) is 7.32. The minimum Gasteiger partial charge on any atom is -0.355 e. The Labute approximate surface area is 176 Å². The zero-order valence-corrected chi connectivity index (χ0v) is 16.9. The maximum Gasteiger partial charge on any atom is 0.323 e. The van der Waals surface area contributed by atoms with Gasteiger partial charge in [-0.25, -0.2) is 9.78 Å². The first kappa shape index (κ1) is 19.8. The number of benzene rings is 1. The summed E-state index contributed by atoms with van der Waals surface area (Å²) in [5.74, 6) is 0.940. The Morgan fingerprint density at radius 2 is 1.67 bits per heavy atom. The third-order valence-electron chi connectivity index (χ3n) is 5.11. The number of pyridine rings is 2. The molecule has 2 N–H and O–H groups in total. The number of anilines is 3. The Hall–Kier alpha value is -3.45. The van der Waals surface area contributed by atoms with E-state index < -0.39 is 0 Å². The van der Waals surface area contributed by atoms with Gasteiger partial charge in [0.15, 0.2) is 0 Å². The number of aromatic nitrogens is 2. The summed E-state index contributed by atoms with van der Waals surface area (Å²) in [7, 11) is 0. The van der Waals surface area contributed by atoms with E-state index in [1.54, 1.807) is 6.20 Å². The van der Waals surface area contributed by atoms with Crippen LogP contribution >= 0.6 is 0 Å². The van der Waals surface area contributed by atoms with Crippen molar-refractivity contribution < 1.29 is 4.79 Å². The minimum absolute atomic E-state index is 0.280. The van der Waals surface area contributed by atoms with Crippen molar-refractivity contribution >= 4 is 23.2 Å². The summed E-state index contributed by atoms with van der Waals surface area (Å²) in [6.07, 6.45) is 6.49. The normalized spacial score (nSPS) is 14.7. The van der Waals surface area contributed by atoms with Gasteiger partial charge >= 0.3 is 6.03 Å². The SMILES string of the molecule is O=C(Nc1ccccc1)Nc1ccc(N2CCCN(Cc3ccncc3)CC2)nc1. The quantitative estimate of drug-likeness (QED) is 0.679. The lowest BCUT2D eigenvalue weighted by Crippen LogP contribution is -2.31. The Morgan fingerprint density at radius 3 is 2.43 bits per heavy atom. The highest BCUT2D eigenvalue weighted by molar-refractivity contribution is 5.99. The molecule has 7 heteroatoms. The van der Waals surface area contributed by atoms with Crippen LogP contribution in [-0.4, -0.2) is 47.1 Å². The fourth-order valence-corrected chi connectivity index (χ4v) is 3.57. The van der Waals surface area contributed by atoms with Crippen molar-refractivity contribution in [1.82, 2.24) is 14.9 Å². The number of amides is 2. The predicted molar refractivity (Wildman–Crippen MR) is 120 cm³/mol. The van der Waals surface area contributed by atoms with Crippen molar-refractivity contribution in [3.05, 3.63) is 78.8 Å². The summed E-state index contributed by atoms with van der Waals surface area (Å²) in [4.78, 5) is 25.6. The first-order valence-corrected chi connectivity index (χ1v) is 10.2. The van der Waals surface area contributed by atoms with E-state index in [4.69, 9.17) is 0 Å². The molecule has 2 amide bonds. The fourth-order valence-electron chi connectivity index (χ4n) is 3.57. The zero-order chi connectivity index (χ0) is 20.6. The minimum atomic E-state index is -0.280. The molecule has 3 heterocycles. The number of urea groups is 1. The first-order chi connectivity index (χ1) is 14.8. The summed E-state index contributed by atoms with van der Waals surface area (Å²) in [5, 5.41) is 5.63. The summed E-state index contributed by atoms with van der Waals surface area (Å²) in [6, 6.07) is 17.1. The van der Waals surface area contributed by atoms with E-state index in [-0.39, 0.29) is 6.03 Å². The van der Waals surface area contributed by atoms with Crippen LogP contribution in [0.4, 0.5) is 22.0 Å². The van der Waals surface area contributed by atoms with Crippen LogP contribution in [0.2, 0.25) is 0 Å². The van der Waals surface area contributed by atoms with Gasteiger partial charge in [0.1, 0.15) is 5.82 Å². The number of para-hydroxylation sites is 1. The molecular weight excluding hydrogens is 376 g/mol. The summed E-state index contributed by atoms with van der Waals surface area (Å²) in [5.41, 5.74) is 2.71. The lowest BCUT2D eigenvalue weighted by Gasteiger charge is -2.23. The molecule has 0 bridgehead atoms. The highest BCUT2D eigenvalue weighted by Crippen LogP contribution is 2.17. The van der Waals surface area contributed by atoms with Crippen molar-refractivity contribution in [2.24, 2.45) is 0 Å². The number of hydrogen-bond donors (Lipinski definition) is 2. The van der Waals surface area contributed by atoms with E-state index in [0.717, 1.165) is 50.6 Å². The van der Waals surface area contributed by atoms with Crippen molar-refractivity contribution in [3.63, 3.8) is 0 Å². The van der Waals surface area contributed by atoms with Gasteiger partial charge in [-0.05, 0) is 48.4 Å². The number of rotatable bonds is 5. The molecule has 1 aromatic carbocycles. The molecule has 4 rings (SSSR count). The van der Waals surface area contributed by atoms with E-state index in [0.29, 0.717) is 5.69 Å². The Balaban J connectivity index is 1.30. The molecule has 1 fully saturated rings. The first-order valence-electron chi connectivity index (χ1n) is 10.2. The molecule has 0 aliphatic carbocycles. The molecule has 0 unspecified atom stereocenters. The van der Waals surface area contributed by atoms with Gasteiger partial charge in [-0.15, -0.1) is 0 Å². The fraction of sp³-hybridized carbons (Fsp3) is 0.261. The molecule has 154 valence electrons. The maximum absolute atomic E-state index is 12.1. The molecule has 7 nitrogen and oxygen atoms in total. The largest absolute Gasteiger partial charge is 0.355 e. The molecule has 3 aromatic rings. The van der Waals surface area contributed by atoms with Gasteiger partial charge in [0.05, 0.1) is 11.9 Å². The van der Waals surface area contributed by atoms with E-state index in [1.807, 2.05) is 54.9 Å². The molecule has 0 atom stereocenters. The van der Waals surface area contributed by atoms with Crippen LogP contribution in [0.25, 0.3) is 0 Å². The highest BCUT2D eigenvalue weighted by atomic mass is 16.2. The number of carbonyl (C=O) groups is 1. The van der Waals surface area contributed by atoms with Crippen molar-refractivity contribution in [3.8, 4) is 0 Å². The molecule has 1 aliphatic heterocycles. The predicted octanol–water partition coefficient (Wildman–Crippen LogP) is 3.83. The molecule has 1 saturated heterocycles. The van der Waals surface area contributed by atoms with Gasteiger partial charge in [0, 0.05) is 50.8 Å². The number of nitrogens with one attached hydrogen (secondary N) is 2. The Morgan fingerprint density at radius 1 is 0.867 bits per heavy atom. The second kappa shape index (κ2) is 9.84. The smallest absolute Gasteiger partial charge is 0.323 e. The van der Waals surface area contributed by atoms with E-state index >= 15 is 0 Å². The molecule has 0 radical (unpaired) electrons. The van der Waals surface area contributed by atoms with Crippen molar-refractivity contribution in [2.45, 2.75) is 13.0 Å². The lowest BCUT2D eigenvalue weighted by molar-refractivity contribution is 0.262. The topological polar surface area (TPSA) is 73.4 Å². The number of carbonyl (C=O) groups excluding carboxylic acids is 1. The van der Waals surface area contributed by atoms with Crippen LogP contribution in [0.1, 0.15) is 12.0 Å². The molecule has 2 aromatic heterocycles. The van der Waals surface area contributed by atoms with Crippen LogP contribution in [0.5, 0.6) is 0 Å². The van der Waals surface area contributed by atoms with Gasteiger partial charge in [0.2, 0.25) is 0 Å². The van der Waals surface area contributed by atoms with E-state index in [1.165, 1.54) is 5.56 Å². The lowest BCUT2D eigenvalue weighted by atomic mass is 10.2. The van der Waals surface area contributed by atoms with Crippen molar-refractivity contribution in [1.29, 1.82) is 0 Å². The number of nitrogens with zero attached hydrogens (tertiary/aromatic N) is 4. The zero-order valence-electron chi connectivity index (χ0n) is 16.9. The van der Waals surface area contributed by atoms with Crippen LogP contribution in [0.3, 0.4) is 0 Å². The number of hydrogen-bond acceptors (Lipinski definition) is 5. The molecular formula is C23H26N6O. The van der Waals surface area contributed by atoms with Gasteiger partial charge in [-0.1, -0.05) is 18.2 Å². The Bertz CT molecular complexity index is 933. The highest BCUT2D eigenvalue weighted by Gasteiger charge is 2.16. The van der Waals surface area contributed by atoms with Crippen LogP contribution < -0.4 is 15.5 Å². The van der Waals surface area contributed by atoms with E-state index in [2.05, 4.69) is 42.5 Å². The van der Waals surface area contributed by atoms with Crippen LogP contribution in [0.15, 0.2) is 73.2 Å².